The zero-order chi connectivity index (χ0) is 21.7. The van der Waals surface area contributed by atoms with E-state index in [4.69, 9.17) is 4.74 Å². The maximum absolute atomic E-state index is 13.0. The third kappa shape index (κ3) is 3.41. The molecule has 3 aliphatic rings. The summed E-state index contributed by atoms with van der Waals surface area (Å²) < 4.78 is 6.02. The molecule has 0 N–H and O–H groups in total. The lowest BCUT2D eigenvalue weighted by atomic mass is 9.81. The molecule has 31 heavy (non-hydrogen) atoms. The number of amides is 2. The molecule has 1 heterocycles. The van der Waals surface area contributed by atoms with Crippen molar-refractivity contribution in [3.05, 3.63) is 64.1 Å². The summed E-state index contributed by atoms with van der Waals surface area (Å²) in [6.45, 7) is -0.389. The van der Waals surface area contributed by atoms with Crippen LogP contribution in [-0.2, 0) is 14.3 Å². The molecule has 4 atom stereocenters. The molecule has 1 aliphatic heterocycles. The van der Waals surface area contributed by atoms with Gasteiger partial charge in [-0.25, -0.2) is 4.79 Å². The van der Waals surface area contributed by atoms with E-state index < -0.39 is 5.97 Å². The summed E-state index contributed by atoms with van der Waals surface area (Å²) in [6.07, 6.45) is 2.99. The lowest BCUT2D eigenvalue weighted by Crippen LogP contribution is -2.32. The summed E-state index contributed by atoms with van der Waals surface area (Å²) in [4.78, 5) is 52.0. The first-order chi connectivity index (χ1) is 14.9. The number of imide groups is 1. The van der Waals surface area contributed by atoms with Crippen molar-refractivity contribution in [2.75, 3.05) is 11.5 Å². The fourth-order valence-corrected chi connectivity index (χ4v) is 5.63. The minimum atomic E-state index is -0.674. The molecule has 2 aromatic rings. The van der Waals surface area contributed by atoms with Gasteiger partial charge in [0.05, 0.1) is 23.1 Å². The fraction of sp³-hybridized carbons (Fsp3) is 0.333. The van der Waals surface area contributed by atoms with E-state index in [1.807, 2.05) is 0 Å². The highest BCUT2D eigenvalue weighted by atomic mass is 79.9. The number of hydrogen-bond donors (Lipinski definition) is 0. The number of carbonyl (C=O) groups excluding carboxylic acids is 4. The number of rotatable bonds is 5. The Kier molecular flexibility index (Phi) is 5.01. The number of halogens is 1. The van der Waals surface area contributed by atoms with Crippen LogP contribution in [0.4, 0.5) is 5.69 Å². The Hall–Kier alpha value is -2.80. The molecule has 7 heteroatoms. The summed E-state index contributed by atoms with van der Waals surface area (Å²) in [5.41, 5.74) is 1.03. The van der Waals surface area contributed by atoms with Gasteiger partial charge in [0.2, 0.25) is 11.8 Å². The lowest BCUT2D eigenvalue weighted by molar-refractivity contribution is -0.123. The molecule has 5 rings (SSSR count). The molecule has 0 aromatic heterocycles. The predicted octanol–water partition coefficient (Wildman–Crippen LogP) is 4.02. The molecule has 1 saturated heterocycles. The van der Waals surface area contributed by atoms with Crippen molar-refractivity contribution < 1.29 is 23.9 Å². The van der Waals surface area contributed by atoms with Crippen LogP contribution in [0.25, 0.3) is 0 Å². The van der Waals surface area contributed by atoms with Crippen molar-refractivity contribution in [1.29, 1.82) is 0 Å². The van der Waals surface area contributed by atoms with Crippen LogP contribution >= 0.6 is 15.9 Å². The summed E-state index contributed by atoms with van der Waals surface area (Å²) in [5, 5.41) is 0. The van der Waals surface area contributed by atoms with Crippen molar-refractivity contribution in [2.24, 2.45) is 23.7 Å². The quantitative estimate of drug-likeness (QED) is 0.365. The molecular weight excluding hydrogens is 462 g/mol. The van der Waals surface area contributed by atoms with Gasteiger partial charge in [0.15, 0.2) is 12.4 Å². The standard InChI is InChI=1S/C24H20BrNO5/c25-17-8-6-13(7-9-17)19(27)12-31-24(30)16-2-1-3-18(11-16)26-22(28)20-14-4-5-15(10-14)21(20)23(26)29/h1-3,6-9,11,14-15,20-21H,4-5,10,12H2/t14-,15-,20-,21+/m0/s1. The molecule has 6 nitrogen and oxygen atoms in total. The predicted molar refractivity (Wildman–Crippen MR) is 116 cm³/mol. The van der Waals surface area contributed by atoms with Crippen molar-refractivity contribution in [3.8, 4) is 0 Å². The summed E-state index contributed by atoms with van der Waals surface area (Å²) in [5.74, 6) is -1.13. The highest BCUT2D eigenvalue weighted by molar-refractivity contribution is 9.10. The van der Waals surface area contributed by atoms with Gasteiger partial charge in [-0.15, -0.1) is 0 Å². The van der Waals surface area contributed by atoms with E-state index in [0.29, 0.717) is 23.1 Å². The Morgan fingerprint density at radius 1 is 0.935 bits per heavy atom. The number of fused-ring (bicyclic) bond motifs is 5. The van der Waals surface area contributed by atoms with Crippen LogP contribution in [0.15, 0.2) is 53.0 Å². The summed E-state index contributed by atoms with van der Waals surface area (Å²) in [6, 6.07) is 13.1. The zero-order valence-corrected chi connectivity index (χ0v) is 18.2. The van der Waals surface area contributed by atoms with Crippen molar-refractivity contribution >= 4 is 45.2 Å². The number of hydrogen-bond acceptors (Lipinski definition) is 5. The van der Waals surface area contributed by atoms with Crippen LogP contribution in [0.3, 0.4) is 0 Å². The first kappa shape index (κ1) is 20.1. The number of ketones is 1. The molecular formula is C24H20BrNO5. The van der Waals surface area contributed by atoms with Crippen LogP contribution in [0.1, 0.15) is 40.0 Å². The van der Waals surface area contributed by atoms with Gasteiger partial charge in [-0.2, -0.15) is 0 Å². The fourth-order valence-electron chi connectivity index (χ4n) is 5.37. The SMILES string of the molecule is O=C(COC(=O)c1cccc(N2C(=O)[C@@H]3[C@H]4CC[C@@H](C4)[C@@H]3C2=O)c1)c1ccc(Br)cc1. The molecule has 158 valence electrons. The van der Waals surface area contributed by atoms with Gasteiger partial charge in [0.25, 0.3) is 0 Å². The topological polar surface area (TPSA) is 80.8 Å². The average molecular weight is 482 g/mol. The van der Waals surface area contributed by atoms with E-state index in [2.05, 4.69) is 15.9 Å². The third-order valence-electron chi connectivity index (χ3n) is 6.77. The van der Waals surface area contributed by atoms with Gasteiger partial charge >= 0.3 is 5.97 Å². The zero-order valence-electron chi connectivity index (χ0n) is 16.6. The minimum Gasteiger partial charge on any atom is -0.454 e. The molecule has 2 amide bonds. The normalized spacial score (nSPS) is 26.3. The van der Waals surface area contributed by atoms with Crippen LogP contribution in [-0.4, -0.2) is 30.2 Å². The number of ether oxygens (including phenoxy) is 1. The molecule has 0 spiro atoms. The molecule has 0 radical (unpaired) electrons. The second-order valence-corrected chi connectivity index (χ2v) is 9.37. The summed E-state index contributed by atoms with van der Waals surface area (Å²) in [7, 11) is 0. The first-order valence-electron chi connectivity index (χ1n) is 10.4. The van der Waals surface area contributed by atoms with Crippen molar-refractivity contribution in [2.45, 2.75) is 19.3 Å². The van der Waals surface area contributed by atoms with Gasteiger partial charge in [0.1, 0.15) is 0 Å². The largest absolute Gasteiger partial charge is 0.454 e. The maximum Gasteiger partial charge on any atom is 0.338 e. The maximum atomic E-state index is 13.0. The van der Waals surface area contributed by atoms with E-state index in [0.717, 1.165) is 23.7 Å². The van der Waals surface area contributed by atoms with Crippen LogP contribution in [0, 0.1) is 23.7 Å². The number of anilines is 1. The Bertz CT molecular complexity index is 1070. The number of esters is 1. The van der Waals surface area contributed by atoms with Gasteiger partial charge in [-0.3, -0.25) is 19.3 Å². The van der Waals surface area contributed by atoms with Gasteiger partial charge in [-0.1, -0.05) is 34.1 Å². The van der Waals surface area contributed by atoms with Gasteiger partial charge < -0.3 is 4.74 Å². The number of nitrogens with zero attached hydrogens (tertiary/aromatic N) is 1. The Morgan fingerprint density at radius 3 is 2.23 bits per heavy atom. The van der Waals surface area contributed by atoms with Crippen LogP contribution in [0.5, 0.6) is 0 Å². The molecule has 2 aliphatic carbocycles. The molecule has 2 aromatic carbocycles. The van der Waals surface area contributed by atoms with Crippen LogP contribution < -0.4 is 4.90 Å². The lowest BCUT2D eigenvalue weighted by Gasteiger charge is -2.19. The molecule has 3 fully saturated rings. The van der Waals surface area contributed by atoms with Crippen LogP contribution in [0.2, 0.25) is 0 Å². The first-order valence-corrected chi connectivity index (χ1v) is 11.2. The highest BCUT2D eigenvalue weighted by Gasteiger charge is 2.61. The van der Waals surface area contributed by atoms with E-state index in [1.165, 1.54) is 11.0 Å². The Labute approximate surface area is 187 Å². The second-order valence-electron chi connectivity index (χ2n) is 8.45. The monoisotopic (exact) mass is 481 g/mol. The Morgan fingerprint density at radius 2 is 1.58 bits per heavy atom. The minimum absolute atomic E-state index is 0.155. The van der Waals surface area contributed by atoms with E-state index in [-0.39, 0.29) is 41.6 Å². The van der Waals surface area contributed by atoms with E-state index in [1.54, 1.807) is 42.5 Å². The Balaban J connectivity index is 1.29. The highest BCUT2D eigenvalue weighted by Crippen LogP contribution is 2.56. The van der Waals surface area contributed by atoms with Gasteiger partial charge in [0, 0.05) is 10.0 Å². The summed E-state index contributed by atoms with van der Waals surface area (Å²) >= 11 is 3.31. The third-order valence-corrected chi connectivity index (χ3v) is 7.30. The molecule has 0 unspecified atom stereocenters. The average Bonchev–Trinajstić information content (AvgIpc) is 3.46. The number of carbonyl (C=O) groups is 4. The van der Waals surface area contributed by atoms with Crippen molar-refractivity contribution in [3.63, 3.8) is 0 Å². The van der Waals surface area contributed by atoms with E-state index in [9.17, 15) is 19.2 Å². The molecule has 2 bridgehead atoms. The van der Waals surface area contributed by atoms with Gasteiger partial charge in [-0.05, 0) is 61.4 Å². The smallest absolute Gasteiger partial charge is 0.338 e. The second kappa shape index (κ2) is 7.71. The van der Waals surface area contributed by atoms with E-state index >= 15 is 0 Å². The number of Topliss-reactive ketones (excluding diaryl/α,β-unsaturated/α-hetero) is 1. The van der Waals surface area contributed by atoms with Crippen molar-refractivity contribution in [1.82, 2.24) is 0 Å². The molecule has 2 saturated carbocycles. The number of benzene rings is 2.